The van der Waals surface area contributed by atoms with E-state index in [-0.39, 0.29) is 6.29 Å². The summed E-state index contributed by atoms with van der Waals surface area (Å²) in [5.41, 5.74) is 0. The van der Waals surface area contributed by atoms with E-state index >= 15 is 0 Å². The minimum atomic E-state index is -0.0613. The van der Waals surface area contributed by atoms with Gasteiger partial charge in [-0.3, -0.25) is 0 Å². The highest BCUT2D eigenvalue weighted by Gasteiger charge is 2.02. The molecular formula is C21H45NO2. The van der Waals surface area contributed by atoms with Crippen LogP contribution < -0.4 is 5.32 Å². The van der Waals surface area contributed by atoms with Gasteiger partial charge < -0.3 is 14.8 Å². The smallest absolute Gasteiger partial charge is 0.158 e. The lowest BCUT2D eigenvalue weighted by Gasteiger charge is -2.13. The monoisotopic (exact) mass is 343 g/mol. The van der Waals surface area contributed by atoms with Crippen LogP contribution in [0.2, 0.25) is 0 Å². The Morgan fingerprint density at radius 3 is 1.42 bits per heavy atom. The summed E-state index contributed by atoms with van der Waals surface area (Å²) in [6, 6.07) is 0. The Hall–Kier alpha value is -0.120. The van der Waals surface area contributed by atoms with E-state index in [2.05, 4.69) is 12.2 Å². The van der Waals surface area contributed by atoms with Crippen LogP contribution in [0.1, 0.15) is 103 Å². The molecule has 0 radical (unpaired) electrons. The van der Waals surface area contributed by atoms with Crippen molar-refractivity contribution in [2.75, 3.05) is 27.3 Å². The number of unbranched alkanes of at least 4 members (excludes halogenated alkanes) is 13. The minimum Gasteiger partial charge on any atom is -0.356 e. The van der Waals surface area contributed by atoms with Gasteiger partial charge in [-0.1, -0.05) is 90.4 Å². The fourth-order valence-corrected chi connectivity index (χ4v) is 3.12. The Kier molecular flexibility index (Phi) is 20.8. The van der Waals surface area contributed by atoms with Crippen molar-refractivity contribution in [2.24, 2.45) is 0 Å². The van der Waals surface area contributed by atoms with E-state index < -0.39 is 0 Å². The van der Waals surface area contributed by atoms with Crippen molar-refractivity contribution in [2.45, 2.75) is 110 Å². The molecule has 0 saturated heterocycles. The van der Waals surface area contributed by atoms with Crippen LogP contribution in [-0.4, -0.2) is 33.6 Å². The minimum absolute atomic E-state index is 0.0613. The number of rotatable bonds is 20. The van der Waals surface area contributed by atoms with E-state index in [0.29, 0.717) is 0 Å². The molecule has 0 fully saturated rings. The molecule has 0 atom stereocenters. The fourth-order valence-electron chi connectivity index (χ4n) is 3.12. The van der Waals surface area contributed by atoms with Gasteiger partial charge in [0, 0.05) is 20.6 Å². The second-order valence-corrected chi connectivity index (χ2v) is 7.04. The Bertz CT molecular complexity index is 220. The molecule has 0 spiro atoms. The first kappa shape index (κ1) is 23.9. The van der Waals surface area contributed by atoms with E-state index in [0.717, 1.165) is 19.5 Å². The molecular weight excluding hydrogens is 298 g/mol. The molecule has 0 aliphatic carbocycles. The van der Waals surface area contributed by atoms with E-state index in [1.807, 2.05) is 0 Å². The molecule has 0 amide bonds. The summed E-state index contributed by atoms with van der Waals surface area (Å²) in [6.45, 7) is 4.39. The van der Waals surface area contributed by atoms with Gasteiger partial charge in [-0.15, -0.1) is 0 Å². The number of ether oxygens (including phenoxy) is 2. The van der Waals surface area contributed by atoms with Crippen molar-refractivity contribution in [3.05, 3.63) is 0 Å². The van der Waals surface area contributed by atoms with Gasteiger partial charge in [-0.2, -0.15) is 0 Å². The Morgan fingerprint density at radius 1 is 0.583 bits per heavy atom. The summed E-state index contributed by atoms with van der Waals surface area (Å²) < 4.78 is 10.3. The quantitative estimate of drug-likeness (QED) is 0.215. The second-order valence-electron chi connectivity index (χ2n) is 7.04. The van der Waals surface area contributed by atoms with Gasteiger partial charge in [0.05, 0.1) is 0 Å². The molecule has 0 rings (SSSR count). The zero-order valence-corrected chi connectivity index (χ0v) is 16.9. The number of hydrogen-bond donors (Lipinski definition) is 1. The van der Waals surface area contributed by atoms with Crippen molar-refractivity contribution in [3.8, 4) is 0 Å². The van der Waals surface area contributed by atoms with Crippen LogP contribution in [0.5, 0.6) is 0 Å². The zero-order chi connectivity index (χ0) is 17.7. The van der Waals surface area contributed by atoms with Crippen molar-refractivity contribution in [3.63, 3.8) is 0 Å². The lowest BCUT2D eigenvalue weighted by molar-refractivity contribution is -0.105. The summed E-state index contributed by atoms with van der Waals surface area (Å²) in [6.07, 6.45) is 20.8. The van der Waals surface area contributed by atoms with Gasteiger partial charge in [0.1, 0.15) is 0 Å². The Balaban J connectivity index is 3.03. The molecule has 3 heteroatoms. The third kappa shape index (κ3) is 18.2. The summed E-state index contributed by atoms with van der Waals surface area (Å²) in [7, 11) is 3.39. The van der Waals surface area contributed by atoms with Crippen LogP contribution in [0, 0.1) is 0 Å². The first-order valence-corrected chi connectivity index (χ1v) is 10.6. The molecule has 0 unspecified atom stereocenters. The highest BCUT2D eigenvalue weighted by molar-refractivity contribution is 4.53. The van der Waals surface area contributed by atoms with E-state index in [4.69, 9.17) is 9.47 Å². The predicted molar refractivity (Wildman–Crippen MR) is 106 cm³/mol. The lowest BCUT2D eigenvalue weighted by atomic mass is 10.0. The summed E-state index contributed by atoms with van der Waals surface area (Å²) in [5.74, 6) is 0. The highest BCUT2D eigenvalue weighted by Crippen LogP contribution is 2.12. The van der Waals surface area contributed by atoms with Gasteiger partial charge in [-0.25, -0.2) is 0 Å². The molecule has 1 N–H and O–H groups in total. The van der Waals surface area contributed by atoms with Gasteiger partial charge >= 0.3 is 0 Å². The number of hydrogen-bond acceptors (Lipinski definition) is 3. The molecule has 3 nitrogen and oxygen atoms in total. The summed E-state index contributed by atoms with van der Waals surface area (Å²) in [5, 5.41) is 3.47. The predicted octanol–water partition coefficient (Wildman–Crippen LogP) is 6.07. The zero-order valence-electron chi connectivity index (χ0n) is 16.9. The Morgan fingerprint density at radius 2 is 1.00 bits per heavy atom. The first-order chi connectivity index (χ1) is 11.8. The maximum Gasteiger partial charge on any atom is 0.158 e. The third-order valence-corrected chi connectivity index (χ3v) is 4.79. The standard InChI is InChI=1S/C21H45NO2/c1-4-5-6-7-8-9-10-11-12-13-14-15-16-17-19-22-20-18-21(23-2)24-3/h21-22H,4-20H2,1-3H3. The van der Waals surface area contributed by atoms with Crippen molar-refractivity contribution < 1.29 is 9.47 Å². The van der Waals surface area contributed by atoms with Crippen LogP contribution in [0.15, 0.2) is 0 Å². The van der Waals surface area contributed by atoms with Crippen LogP contribution in [0.3, 0.4) is 0 Å². The molecule has 0 bridgehead atoms. The molecule has 0 heterocycles. The number of methoxy groups -OCH3 is 2. The average Bonchev–Trinajstić information content (AvgIpc) is 2.61. The molecule has 0 aromatic carbocycles. The highest BCUT2D eigenvalue weighted by atomic mass is 16.7. The van der Waals surface area contributed by atoms with Crippen LogP contribution >= 0.6 is 0 Å². The topological polar surface area (TPSA) is 30.5 Å². The van der Waals surface area contributed by atoms with Gasteiger partial charge in [0.15, 0.2) is 6.29 Å². The van der Waals surface area contributed by atoms with E-state index in [9.17, 15) is 0 Å². The van der Waals surface area contributed by atoms with Crippen LogP contribution in [-0.2, 0) is 9.47 Å². The molecule has 0 saturated carbocycles. The fraction of sp³-hybridized carbons (Fsp3) is 1.00. The number of nitrogens with one attached hydrogen (secondary N) is 1. The van der Waals surface area contributed by atoms with Crippen LogP contribution in [0.4, 0.5) is 0 Å². The van der Waals surface area contributed by atoms with Gasteiger partial charge in [-0.05, 0) is 19.5 Å². The maximum atomic E-state index is 5.17. The maximum absolute atomic E-state index is 5.17. The van der Waals surface area contributed by atoms with Crippen LogP contribution in [0.25, 0.3) is 0 Å². The molecule has 146 valence electrons. The summed E-state index contributed by atoms with van der Waals surface area (Å²) >= 11 is 0. The van der Waals surface area contributed by atoms with Crippen molar-refractivity contribution in [1.82, 2.24) is 5.32 Å². The largest absolute Gasteiger partial charge is 0.356 e. The second kappa shape index (κ2) is 20.9. The van der Waals surface area contributed by atoms with Crippen molar-refractivity contribution >= 4 is 0 Å². The third-order valence-electron chi connectivity index (χ3n) is 4.79. The summed E-state index contributed by atoms with van der Waals surface area (Å²) in [4.78, 5) is 0. The average molecular weight is 344 g/mol. The Labute approximate surface area is 152 Å². The molecule has 24 heavy (non-hydrogen) atoms. The molecule has 0 aromatic heterocycles. The first-order valence-electron chi connectivity index (χ1n) is 10.6. The van der Waals surface area contributed by atoms with Gasteiger partial charge in [0.2, 0.25) is 0 Å². The van der Waals surface area contributed by atoms with E-state index in [1.165, 1.54) is 89.9 Å². The van der Waals surface area contributed by atoms with E-state index in [1.54, 1.807) is 14.2 Å². The molecule has 0 aliphatic rings. The van der Waals surface area contributed by atoms with Gasteiger partial charge in [0.25, 0.3) is 0 Å². The molecule has 0 aromatic rings. The van der Waals surface area contributed by atoms with Crippen molar-refractivity contribution in [1.29, 1.82) is 0 Å². The SMILES string of the molecule is CCCCCCCCCCCCCCCCNCCC(OC)OC. The lowest BCUT2D eigenvalue weighted by Crippen LogP contribution is -2.23. The normalized spacial score (nSPS) is 11.5. The molecule has 0 aliphatic heterocycles.